The standard InChI is InChI=1S/C16H21N3O2S/c1-12-4-3-5-13(10-12)19-14(20)11-22-16(19)6-8-18(9-7-16)15(21)17-2/h3-5,10H,6-9,11H2,1-2H3,(H,17,21). The van der Waals surface area contributed by atoms with Gasteiger partial charge in [-0.25, -0.2) is 4.79 Å². The van der Waals surface area contributed by atoms with Crippen molar-refractivity contribution in [2.24, 2.45) is 0 Å². The molecule has 22 heavy (non-hydrogen) atoms. The third-order valence-corrected chi connectivity index (χ3v) is 5.95. The van der Waals surface area contributed by atoms with Gasteiger partial charge in [0.25, 0.3) is 0 Å². The molecule has 3 amide bonds. The largest absolute Gasteiger partial charge is 0.341 e. The first-order chi connectivity index (χ1) is 10.6. The molecule has 0 atom stereocenters. The van der Waals surface area contributed by atoms with Crippen molar-refractivity contribution in [3.63, 3.8) is 0 Å². The van der Waals surface area contributed by atoms with E-state index in [-0.39, 0.29) is 16.8 Å². The van der Waals surface area contributed by atoms with Crippen LogP contribution in [0.1, 0.15) is 18.4 Å². The van der Waals surface area contributed by atoms with Crippen LogP contribution in [0.15, 0.2) is 24.3 Å². The molecule has 1 aromatic rings. The number of piperidine rings is 1. The minimum absolute atomic E-state index is 0.0359. The van der Waals surface area contributed by atoms with Gasteiger partial charge in [0.15, 0.2) is 0 Å². The van der Waals surface area contributed by atoms with Crippen LogP contribution >= 0.6 is 11.8 Å². The summed E-state index contributed by atoms with van der Waals surface area (Å²) < 4.78 is 0. The van der Waals surface area contributed by atoms with E-state index in [1.807, 2.05) is 34.9 Å². The van der Waals surface area contributed by atoms with E-state index in [2.05, 4.69) is 11.4 Å². The lowest BCUT2D eigenvalue weighted by Crippen LogP contribution is -2.54. The summed E-state index contributed by atoms with van der Waals surface area (Å²) in [5.41, 5.74) is 2.13. The highest BCUT2D eigenvalue weighted by Crippen LogP contribution is 2.46. The van der Waals surface area contributed by atoms with Gasteiger partial charge in [-0.05, 0) is 37.5 Å². The number of nitrogens with one attached hydrogen (secondary N) is 1. The third-order valence-electron chi connectivity index (χ3n) is 4.43. The zero-order valence-corrected chi connectivity index (χ0v) is 13.8. The summed E-state index contributed by atoms with van der Waals surface area (Å²) in [6.45, 7) is 3.41. The SMILES string of the molecule is CNC(=O)N1CCC2(CC1)SCC(=O)N2c1cccc(C)c1. The van der Waals surface area contributed by atoms with E-state index < -0.39 is 0 Å². The first kappa shape index (κ1) is 15.2. The van der Waals surface area contributed by atoms with E-state index in [1.165, 1.54) is 0 Å². The molecule has 2 aliphatic rings. The normalized spacial score (nSPS) is 20.5. The maximum Gasteiger partial charge on any atom is 0.317 e. The van der Waals surface area contributed by atoms with Crippen molar-refractivity contribution < 1.29 is 9.59 Å². The van der Waals surface area contributed by atoms with Gasteiger partial charge in [-0.2, -0.15) is 0 Å². The first-order valence-electron chi connectivity index (χ1n) is 7.56. The maximum absolute atomic E-state index is 12.4. The number of likely N-dealkylation sites (tertiary alicyclic amines) is 1. The molecule has 0 aliphatic carbocycles. The molecule has 1 aromatic carbocycles. The van der Waals surface area contributed by atoms with Crippen LogP contribution in [0, 0.1) is 6.92 Å². The van der Waals surface area contributed by atoms with Gasteiger partial charge in [-0.1, -0.05) is 12.1 Å². The molecule has 0 aromatic heterocycles. The summed E-state index contributed by atoms with van der Waals surface area (Å²) in [7, 11) is 1.65. The number of benzene rings is 1. The maximum atomic E-state index is 12.4. The van der Waals surface area contributed by atoms with Crippen LogP contribution in [0.25, 0.3) is 0 Å². The third kappa shape index (κ3) is 2.56. The molecular formula is C16H21N3O2S. The van der Waals surface area contributed by atoms with Gasteiger partial charge >= 0.3 is 6.03 Å². The monoisotopic (exact) mass is 319 g/mol. The Hall–Kier alpha value is -1.69. The van der Waals surface area contributed by atoms with Crippen LogP contribution in [0.2, 0.25) is 0 Å². The molecule has 0 unspecified atom stereocenters. The minimum atomic E-state index is -0.199. The number of anilines is 1. The quantitative estimate of drug-likeness (QED) is 0.863. The van der Waals surface area contributed by atoms with Crippen LogP contribution < -0.4 is 10.2 Å². The second-order valence-corrected chi connectivity index (χ2v) is 7.18. The molecule has 2 heterocycles. The topological polar surface area (TPSA) is 52.7 Å². The first-order valence-corrected chi connectivity index (χ1v) is 8.55. The Morgan fingerprint density at radius 1 is 1.32 bits per heavy atom. The summed E-state index contributed by atoms with van der Waals surface area (Å²) in [4.78, 5) is 27.8. The summed E-state index contributed by atoms with van der Waals surface area (Å²) in [5.74, 6) is 0.692. The van der Waals surface area contributed by atoms with E-state index in [0.29, 0.717) is 18.8 Å². The summed E-state index contributed by atoms with van der Waals surface area (Å²) in [6.07, 6.45) is 1.62. The zero-order valence-electron chi connectivity index (χ0n) is 13.0. The van der Waals surface area contributed by atoms with Crippen LogP contribution in [0.3, 0.4) is 0 Å². The highest BCUT2D eigenvalue weighted by Gasteiger charge is 2.49. The number of urea groups is 1. The van der Waals surface area contributed by atoms with Gasteiger partial charge in [0, 0.05) is 25.8 Å². The fourth-order valence-corrected chi connectivity index (χ4v) is 4.61. The van der Waals surface area contributed by atoms with E-state index in [0.717, 1.165) is 24.1 Å². The van der Waals surface area contributed by atoms with Crippen LogP contribution in [-0.2, 0) is 4.79 Å². The molecule has 6 heteroatoms. The van der Waals surface area contributed by atoms with Gasteiger partial charge in [0.05, 0.1) is 10.6 Å². The summed E-state index contributed by atoms with van der Waals surface area (Å²) in [6, 6.07) is 8.07. The summed E-state index contributed by atoms with van der Waals surface area (Å²) >= 11 is 1.72. The van der Waals surface area contributed by atoms with Crippen LogP contribution in [0.5, 0.6) is 0 Å². The van der Waals surface area contributed by atoms with Gasteiger partial charge < -0.3 is 10.2 Å². The number of thioether (sulfide) groups is 1. The molecule has 3 rings (SSSR count). The number of carbonyl (C=O) groups is 2. The number of nitrogens with zero attached hydrogens (tertiary/aromatic N) is 2. The van der Waals surface area contributed by atoms with Crippen molar-refractivity contribution in [2.75, 3.05) is 30.8 Å². The highest BCUT2D eigenvalue weighted by atomic mass is 32.2. The predicted octanol–water partition coefficient (Wildman–Crippen LogP) is 2.21. The van der Waals surface area contributed by atoms with Crippen LogP contribution in [0.4, 0.5) is 10.5 Å². The fraction of sp³-hybridized carbons (Fsp3) is 0.500. The van der Waals surface area contributed by atoms with Crippen molar-refractivity contribution in [3.8, 4) is 0 Å². The van der Waals surface area contributed by atoms with Gasteiger partial charge in [-0.15, -0.1) is 11.8 Å². The molecule has 0 bridgehead atoms. The van der Waals surface area contributed by atoms with E-state index in [4.69, 9.17) is 0 Å². The molecule has 2 aliphatic heterocycles. The molecule has 118 valence electrons. The lowest BCUT2D eigenvalue weighted by atomic mass is 10.0. The lowest BCUT2D eigenvalue weighted by Gasteiger charge is -2.43. The molecule has 2 saturated heterocycles. The van der Waals surface area contributed by atoms with Crippen molar-refractivity contribution in [3.05, 3.63) is 29.8 Å². The lowest BCUT2D eigenvalue weighted by molar-refractivity contribution is -0.116. The van der Waals surface area contributed by atoms with E-state index in [1.54, 1.807) is 18.8 Å². The summed E-state index contributed by atoms with van der Waals surface area (Å²) in [5, 5.41) is 2.67. The molecule has 0 saturated carbocycles. The number of rotatable bonds is 1. The van der Waals surface area contributed by atoms with Gasteiger partial charge in [-0.3, -0.25) is 9.69 Å². The molecule has 2 fully saturated rings. The van der Waals surface area contributed by atoms with Crippen molar-refractivity contribution in [2.45, 2.75) is 24.6 Å². The number of amides is 3. The second kappa shape index (κ2) is 5.83. The van der Waals surface area contributed by atoms with Gasteiger partial charge in [0.2, 0.25) is 5.91 Å². The average molecular weight is 319 g/mol. The highest BCUT2D eigenvalue weighted by molar-refractivity contribution is 8.02. The molecule has 1 N–H and O–H groups in total. The van der Waals surface area contributed by atoms with Crippen molar-refractivity contribution in [1.29, 1.82) is 0 Å². The molecular weight excluding hydrogens is 298 g/mol. The minimum Gasteiger partial charge on any atom is -0.341 e. The van der Waals surface area contributed by atoms with Crippen molar-refractivity contribution in [1.82, 2.24) is 10.2 Å². The Labute approximate surface area is 135 Å². The molecule has 5 nitrogen and oxygen atoms in total. The molecule has 1 spiro atoms. The Balaban J connectivity index is 1.84. The predicted molar refractivity (Wildman–Crippen MR) is 89.1 cm³/mol. The second-order valence-electron chi connectivity index (χ2n) is 5.85. The Morgan fingerprint density at radius 2 is 2.05 bits per heavy atom. The number of hydrogen-bond acceptors (Lipinski definition) is 3. The Bertz CT molecular complexity index is 597. The van der Waals surface area contributed by atoms with E-state index >= 15 is 0 Å². The Morgan fingerprint density at radius 3 is 2.68 bits per heavy atom. The number of carbonyl (C=O) groups excluding carboxylic acids is 2. The molecule has 0 radical (unpaired) electrons. The Kier molecular flexibility index (Phi) is 4.04. The van der Waals surface area contributed by atoms with E-state index in [9.17, 15) is 9.59 Å². The zero-order chi connectivity index (χ0) is 15.7. The van der Waals surface area contributed by atoms with Crippen molar-refractivity contribution >= 4 is 29.4 Å². The van der Waals surface area contributed by atoms with Gasteiger partial charge in [0.1, 0.15) is 0 Å². The smallest absolute Gasteiger partial charge is 0.317 e. The fourth-order valence-electron chi connectivity index (χ4n) is 3.28. The average Bonchev–Trinajstić information content (AvgIpc) is 2.84. The number of hydrogen-bond donors (Lipinski definition) is 1. The van der Waals surface area contributed by atoms with Crippen LogP contribution in [-0.4, -0.2) is 47.6 Å². The number of aryl methyl sites for hydroxylation is 1.